The molecule has 132 valence electrons. The van der Waals surface area contributed by atoms with Crippen molar-refractivity contribution in [2.45, 2.75) is 13.5 Å². The first-order valence-corrected chi connectivity index (χ1v) is 9.03. The van der Waals surface area contributed by atoms with Gasteiger partial charge in [-0.15, -0.1) is 0 Å². The number of benzene rings is 2. The third kappa shape index (κ3) is 4.24. The van der Waals surface area contributed by atoms with Crippen molar-refractivity contribution in [2.24, 2.45) is 0 Å². The van der Waals surface area contributed by atoms with Crippen molar-refractivity contribution in [2.75, 3.05) is 6.61 Å². The van der Waals surface area contributed by atoms with E-state index in [1.54, 1.807) is 12.2 Å². The lowest BCUT2D eigenvalue weighted by atomic mass is 10.1. The van der Waals surface area contributed by atoms with Crippen molar-refractivity contribution >= 4 is 29.0 Å². The number of rotatable bonds is 6. The van der Waals surface area contributed by atoms with E-state index in [-0.39, 0.29) is 17.7 Å². The molecule has 2 aromatic carbocycles. The Morgan fingerprint density at radius 1 is 1.15 bits per heavy atom. The SMILES string of the molecule is C=CCOc1ccc(/C=C2\SC(=O)N(Cc3cccc(C)c3)C2=O)cc1. The molecule has 1 saturated heterocycles. The van der Waals surface area contributed by atoms with E-state index in [0.717, 1.165) is 34.2 Å². The lowest BCUT2D eigenvalue weighted by molar-refractivity contribution is -0.123. The molecule has 0 unspecified atom stereocenters. The van der Waals surface area contributed by atoms with Crippen molar-refractivity contribution in [3.05, 3.63) is 82.8 Å². The average molecular weight is 365 g/mol. The Bertz CT molecular complexity index is 871. The number of imide groups is 1. The van der Waals surface area contributed by atoms with E-state index < -0.39 is 0 Å². The normalized spacial score (nSPS) is 15.6. The van der Waals surface area contributed by atoms with Crippen molar-refractivity contribution in [1.29, 1.82) is 0 Å². The summed E-state index contributed by atoms with van der Waals surface area (Å²) in [7, 11) is 0. The lowest BCUT2D eigenvalue weighted by Gasteiger charge is -2.12. The van der Waals surface area contributed by atoms with Crippen molar-refractivity contribution in [3.63, 3.8) is 0 Å². The maximum absolute atomic E-state index is 12.6. The summed E-state index contributed by atoms with van der Waals surface area (Å²) >= 11 is 0.972. The quantitative estimate of drug-likeness (QED) is 0.545. The van der Waals surface area contributed by atoms with Gasteiger partial charge in [0, 0.05) is 0 Å². The number of thioether (sulfide) groups is 1. The van der Waals surface area contributed by atoms with Gasteiger partial charge in [-0.3, -0.25) is 14.5 Å². The smallest absolute Gasteiger partial charge is 0.293 e. The van der Waals surface area contributed by atoms with E-state index in [9.17, 15) is 9.59 Å². The Morgan fingerprint density at radius 3 is 2.62 bits per heavy atom. The molecule has 0 bridgehead atoms. The van der Waals surface area contributed by atoms with E-state index in [4.69, 9.17) is 4.74 Å². The lowest BCUT2D eigenvalue weighted by Crippen LogP contribution is -2.27. The summed E-state index contributed by atoms with van der Waals surface area (Å²) < 4.78 is 5.44. The minimum absolute atomic E-state index is 0.242. The number of hydrogen-bond acceptors (Lipinski definition) is 4. The molecule has 1 aliphatic heterocycles. The van der Waals surface area contributed by atoms with Gasteiger partial charge >= 0.3 is 0 Å². The van der Waals surface area contributed by atoms with Crippen LogP contribution < -0.4 is 4.74 Å². The average Bonchev–Trinajstić information content (AvgIpc) is 2.89. The highest BCUT2D eigenvalue weighted by Gasteiger charge is 2.34. The van der Waals surface area contributed by atoms with Crippen LogP contribution in [0, 0.1) is 6.92 Å². The molecule has 3 rings (SSSR count). The zero-order valence-corrected chi connectivity index (χ0v) is 15.3. The number of aryl methyl sites for hydroxylation is 1. The highest BCUT2D eigenvalue weighted by Crippen LogP contribution is 2.33. The maximum Gasteiger partial charge on any atom is 0.293 e. The predicted octanol–water partition coefficient (Wildman–Crippen LogP) is 4.80. The van der Waals surface area contributed by atoms with Crippen LogP contribution in [0.2, 0.25) is 0 Å². The summed E-state index contributed by atoms with van der Waals surface area (Å²) in [6, 6.07) is 15.2. The van der Waals surface area contributed by atoms with E-state index in [0.29, 0.717) is 11.5 Å². The van der Waals surface area contributed by atoms with Crippen molar-refractivity contribution < 1.29 is 14.3 Å². The Hall–Kier alpha value is -2.79. The van der Waals surface area contributed by atoms with Crippen LogP contribution in [0.1, 0.15) is 16.7 Å². The first-order valence-electron chi connectivity index (χ1n) is 8.21. The van der Waals surface area contributed by atoms with Gasteiger partial charge in [-0.25, -0.2) is 0 Å². The number of ether oxygens (including phenoxy) is 1. The Labute approximate surface area is 157 Å². The topological polar surface area (TPSA) is 46.6 Å². The standard InChI is InChI=1S/C21H19NO3S/c1-3-11-25-18-9-7-16(8-10-18)13-19-20(23)22(21(24)26-19)14-17-6-4-5-15(2)12-17/h3-10,12-13H,1,11,14H2,2H3/b19-13-. The largest absolute Gasteiger partial charge is 0.490 e. The Balaban J connectivity index is 1.73. The molecule has 1 fully saturated rings. The first-order chi connectivity index (χ1) is 12.6. The number of carbonyl (C=O) groups excluding carboxylic acids is 2. The van der Waals surface area contributed by atoms with Crippen LogP contribution in [0.25, 0.3) is 6.08 Å². The summed E-state index contributed by atoms with van der Waals surface area (Å²) in [6.07, 6.45) is 3.41. The molecule has 1 aliphatic rings. The van der Waals surface area contributed by atoms with Gasteiger partial charge in [0.05, 0.1) is 11.4 Å². The zero-order valence-electron chi connectivity index (χ0n) is 14.5. The monoisotopic (exact) mass is 365 g/mol. The number of amides is 2. The Kier molecular flexibility index (Phi) is 5.58. The van der Waals surface area contributed by atoms with Crippen LogP contribution in [-0.2, 0) is 11.3 Å². The second-order valence-electron chi connectivity index (χ2n) is 5.93. The van der Waals surface area contributed by atoms with Crippen LogP contribution in [-0.4, -0.2) is 22.7 Å². The number of nitrogens with zero attached hydrogens (tertiary/aromatic N) is 1. The van der Waals surface area contributed by atoms with Crippen molar-refractivity contribution in [3.8, 4) is 5.75 Å². The second-order valence-corrected chi connectivity index (χ2v) is 6.92. The van der Waals surface area contributed by atoms with Gasteiger partial charge in [0.15, 0.2) is 0 Å². The molecular weight excluding hydrogens is 346 g/mol. The summed E-state index contributed by atoms with van der Waals surface area (Å²) in [6.45, 7) is 6.32. The molecule has 2 aromatic rings. The molecule has 0 aliphatic carbocycles. The Morgan fingerprint density at radius 2 is 1.92 bits per heavy atom. The molecule has 5 heteroatoms. The molecule has 2 amide bonds. The summed E-state index contributed by atoms with van der Waals surface area (Å²) in [4.78, 5) is 26.6. The van der Waals surface area contributed by atoms with Gasteiger partial charge in [0.1, 0.15) is 12.4 Å². The molecule has 1 heterocycles. The van der Waals surface area contributed by atoms with E-state index in [1.165, 1.54) is 4.90 Å². The fourth-order valence-electron chi connectivity index (χ4n) is 2.60. The fraction of sp³-hybridized carbons (Fsp3) is 0.143. The molecular formula is C21H19NO3S. The van der Waals surface area contributed by atoms with Gasteiger partial charge in [-0.1, -0.05) is 54.6 Å². The molecule has 0 saturated carbocycles. The molecule has 0 N–H and O–H groups in total. The van der Waals surface area contributed by atoms with E-state index in [1.807, 2.05) is 55.5 Å². The molecule has 4 nitrogen and oxygen atoms in total. The van der Waals surface area contributed by atoms with E-state index in [2.05, 4.69) is 6.58 Å². The molecule has 0 spiro atoms. The highest BCUT2D eigenvalue weighted by atomic mass is 32.2. The third-order valence-electron chi connectivity index (χ3n) is 3.84. The highest BCUT2D eigenvalue weighted by molar-refractivity contribution is 8.18. The van der Waals surface area contributed by atoms with E-state index >= 15 is 0 Å². The fourth-order valence-corrected chi connectivity index (χ4v) is 3.43. The van der Waals surface area contributed by atoms with Crippen LogP contribution in [0.4, 0.5) is 4.79 Å². The molecule has 0 radical (unpaired) electrons. The van der Waals surface area contributed by atoms with Crippen LogP contribution in [0.15, 0.2) is 66.1 Å². The number of hydrogen-bond donors (Lipinski definition) is 0. The first kappa shape index (κ1) is 18.0. The summed E-state index contributed by atoms with van der Waals surface area (Å²) in [5.41, 5.74) is 2.89. The number of carbonyl (C=O) groups is 2. The van der Waals surface area contributed by atoms with Gasteiger partial charge in [0.2, 0.25) is 0 Å². The zero-order chi connectivity index (χ0) is 18.5. The van der Waals surface area contributed by atoms with Gasteiger partial charge in [-0.05, 0) is 48.0 Å². The van der Waals surface area contributed by atoms with Crippen LogP contribution in [0.3, 0.4) is 0 Å². The van der Waals surface area contributed by atoms with Crippen LogP contribution >= 0.6 is 11.8 Å². The second kappa shape index (κ2) is 8.06. The molecule has 0 aromatic heterocycles. The minimum Gasteiger partial charge on any atom is -0.490 e. The molecule has 26 heavy (non-hydrogen) atoms. The summed E-state index contributed by atoms with van der Waals surface area (Å²) in [5.74, 6) is 0.475. The maximum atomic E-state index is 12.6. The summed E-state index contributed by atoms with van der Waals surface area (Å²) in [5, 5.41) is -0.242. The van der Waals surface area contributed by atoms with Gasteiger partial charge < -0.3 is 4.74 Å². The van der Waals surface area contributed by atoms with Crippen LogP contribution in [0.5, 0.6) is 5.75 Å². The van der Waals surface area contributed by atoms with Gasteiger partial charge in [-0.2, -0.15) is 0 Å². The predicted molar refractivity (Wildman–Crippen MR) is 105 cm³/mol. The molecule has 0 atom stereocenters. The van der Waals surface area contributed by atoms with Gasteiger partial charge in [0.25, 0.3) is 11.1 Å². The van der Waals surface area contributed by atoms with Crippen molar-refractivity contribution in [1.82, 2.24) is 4.90 Å². The third-order valence-corrected chi connectivity index (χ3v) is 4.75. The minimum atomic E-state index is -0.256.